The summed E-state index contributed by atoms with van der Waals surface area (Å²) in [7, 11) is 0. The molecular weight excluding hydrogens is 240 g/mol. The average molecular weight is 264 g/mol. The molecule has 1 aromatic rings. The van der Waals surface area contributed by atoms with E-state index >= 15 is 0 Å². The lowest BCUT2D eigenvalue weighted by molar-refractivity contribution is -0.122. The lowest BCUT2D eigenvalue weighted by Gasteiger charge is -2.11. The molecule has 0 radical (unpaired) electrons. The van der Waals surface area contributed by atoms with Gasteiger partial charge in [-0.15, -0.1) is 0 Å². The summed E-state index contributed by atoms with van der Waals surface area (Å²) in [6.07, 6.45) is 0. The molecule has 1 unspecified atom stereocenters. The monoisotopic (exact) mass is 264 g/mol. The Labute approximate surface area is 115 Å². The molecule has 106 valence electrons. The third kappa shape index (κ3) is 6.25. The van der Waals surface area contributed by atoms with E-state index in [1.807, 2.05) is 24.3 Å². The minimum absolute atomic E-state index is 0.271. The summed E-state index contributed by atoms with van der Waals surface area (Å²) in [5.41, 5.74) is 6.39. The zero-order valence-corrected chi connectivity index (χ0v) is 12.0. The Bertz CT molecular complexity index is 388. The maximum absolute atomic E-state index is 10.9. The Hall–Kier alpha value is -1.55. The van der Waals surface area contributed by atoms with E-state index in [9.17, 15) is 4.79 Å². The van der Waals surface area contributed by atoms with Gasteiger partial charge in [-0.2, -0.15) is 0 Å². The summed E-state index contributed by atoms with van der Waals surface area (Å²) in [6, 6.07) is 7.88. The quantitative estimate of drug-likeness (QED) is 0.754. The Morgan fingerprint density at radius 1 is 1.26 bits per heavy atom. The molecule has 1 rings (SSSR count). The molecule has 19 heavy (non-hydrogen) atoms. The average Bonchev–Trinajstić information content (AvgIpc) is 2.37. The van der Waals surface area contributed by atoms with Crippen LogP contribution in [0.1, 0.15) is 26.3 Å². The number of nitrogens with one attached hydrogen (secondary N) is 1. The van der Waals surface area contributed by atoms with Gasteiger partial charge in [0.15, 0.2) is 0 Å². The molecule has 0 aliphatic heterocycles. The maximum atomic E-state index is 10.9. The summed E-state index contributed by atoms with van der Waals surface area (Å²) in [5, 5.41) is 3.38. The van der Waals surface area contributed by atoms with Crippen molar-refractivity contribution in [2.75, 3.05) is 13.2 Å². The predicted octanol–water partition coefficient (Wildman–Crippen LogP) is 1.93. The second kappa shape index (κ2) is 7.79. The lowest BCUT2D eigenvalue weighted by Crippen LogP contribution is -2.25. The molecular formula is C15H24N2O2. The van der Waals surface area contributed by atoms with Crippen molar-refractivity contribution in [3.05, 3.63) is 29.8 Å². The molecule has 0 aromatic heterocycles. The number of carbonyl (C=O) groups excluding carboxylic acids is 1. The van der Waals surface area contributed by atoms with Gasteiger partial charge in [-0.25, -0.2) is 0 Å². The highest BCUT2D eigenvalue weighted by Gasteiger charge is 2.09. The number of ether oxygens (including phenoxy) is 1. The van der Waals surface area contributed by atoms with Gasteiger partial charge < -0.3 is 15.8 Å². The minimum Gasteiger partial charge on any atom is -0.493 e. The van der Waals surface area contributed by atoms with Crippen LogP contribution in [0.15, 0.2) is 24.3 Å². The molecule has 0 aliphatic carbocycles. The van der Waals surface area contributed by atoms with Gasteiger partial charge >= 0.3 is 0 Å². The maximum Gasteiger partial charge on any atom is 0.223 e. The van der Waals surface area contributed by atoms with Crippen LogP contribution in [-0.4, -0.2) is 19.1 Å². The van der Waals surface area contributed by atoms with Crippen LogP contribution in [0.3, 0.4) is 0 Å². The van der Waals surface area contributed by atoms with Crippen LogP contribution in [0.25, 0.3) is 0 Å². The van der Waals surface area contributed by atoms with E-state index in [0.29, 0.717) is 12.5 Å². The first-order valence-corrected chi connectivity index (χ1v) is 6.70. The van der Waals surface area contributed by atoms with Crippen molar-refractivity contribution in [1.29, 1.82) is 0 Å². The molecule has 0 fully saturated rings. The van der Waals surface area contributed by atoms with Gasteiger partial charge in [0.1, 0.15) is 5.75 Å². The Balaban J connectivity index is 2.37. The highest BCUT2D eigenvalue weighted by Crippen LogP contribution is 2.13. The van der Waals surface area contributed by atoms with E-state index in [1.54, 1.807) is 6.92 Å². The number of rotatable bonds is 8. The van der Waals surface area contributed by atoms with E-state index in [-0.39, 0.29) is 11.8 Å². The molecule has 4 nitrogen and oxygen atoms in total. The first-order chi connectivity index (χ1) is 8.99. The number of amides is 1. The van der Waals surface area contributed by atoms with Crippen molar-refractivity contribution >= 4 is 5.91 Å². The van der Waals surface area contributed by atoms with Crippen LogP contribution in [0.5, 0.6) is 5.75 Å². The number of nitrogens with two attached hydrogens (primary N) is 1. The fourth-order valence-corrected chi connectivity index (χ4v) is 1.51. The van der Waals surface area contributed by atoms with E-state index in [4.69, 9.17) is 10.5 Å². The number of carbonyl (C=O) groups is 1. The minimum atomic E-state index is -0.338. The van der Waals surface area contributed by atoms with Crippen molar-refractivity contribution in [2.45, 2.75) is 27.3 Å². The third-order valence-corrected chi connectivity index (χ3v) is 2.79. The normalized spacial score (nSPS) is 12.4. The van der Waals surface area contributed by atoms with Crippen LogP contribution in [0, 0.1) is 11.8 Å². The molecule has 0 heterocycles. The van der Waals surface area contributed by atoms with Gasteiger partial charge in [0, 0.05) is 6.54 Å². The molecule has 0 aliphatic rings. The van der Waals surface area contributed by atoms with Gasteiger partial charge in [-0.3, -0.25) is 4.79 Å². The molecule has 1 atom stereocenters. The second-order valence-corrected chi connectivity index (χ2v) is 5.28. The number of benzene rings is 1. The predicted molar refractivity (Wildman–Crippen MR) is 76.8 cm³/mol. The van der Waals surface area contributed by atoms with E-state index in [1.165, 1.54) is 5.56 Å². The molecule has 1 amide bonds. The molecule has 0 bridgehead atoms. The summed E-state index contributed by atoms with van der Waals surface area (Å²) in [6.45, 7) is 8.31. The molecule has 0 saturated carbocycles. The standard InChI is InChI=1S/C15H24N2O2/c1-11(2)8-17-9-13-4-6-14(7-5-13)19-10-12(3)15(16)18/h4-7,11-12,17H,8-10H2,1-3H3,(H2,16,18). The topological polar surface area (TPSA) is 64.3 Å². The number of primary amides is 1. The van der Waals surface area contributed by atoms with Crippen molar-refractivity contribution in [3.8, 4) is 5.75 Å². The number of hydrogen-bond donors (Lipinski definition) is 2. The van der Waals surface area contributed by atoms with Crippen molar-refractivity contribution in [2.24, 2.45) is 17.6 Å². The molecule has 3 N–H and O–H groups in total. The summed E-state index contributed by atoms with van der Waals surface area (Å²) >= 11 is 0. The Kier molecular flexibility index (Phi) is 6.36. The van der Waals surface area contributed by atoms with E-state index in [0.717, 1.165) is 18.8 Å². The largest absolute Gasteiger partial charge is 0.493 e. The highest BCUT2D eigenvalue weighted by atomic mass is 16.5. The second-order valence-electron chi connectivity index (χ2n) is 5.28. The lowest BCUT2D eigenvalue weighted by atomic mass is 10.2. The Morgan fingerprint density at radius 2 is 1.89 bits per heavy atom. The summed E-state index contributed by atoms with van der Waals surface area (Å²) < 4.78 is 5.51. The van der Waals surface area contributed by atoms with Crippen LogP contribution in [0.2, 0.25) is 0 Å². The molecule has 0 spiro atoms. The SMILES string of the molecule is CC(C)CNCc1ccc(OCC(C)C(N)=O)cc1. The number of hydrogen-bond acceptors (Lipinski definition) is 3. The first-order valence-electron chi connectivity index (χ1n) is 6.70. The Morgan fingerprint density at radius 3 is 2.42 bits per heavy atom. The highest BCUT2D eigenvalue weighted by molar-refractivity contribution is 5.76. The fraction of sp³-hybridized carbons (Fsp3) is 0.533. The van der Waals surface area contributed by atoms with Crippen LogP contribution in [0.4, 0.5) is 0 Å². The van der Waals surface area contributed by atoms with Crippen molar-refractivity contribution < 1.29 is 9.53 Å². The van der Waals surface area contributed by atoms with Crippen molar-refractivity contribution in [1.82, 2.24) is 5.32 Å². The third-order valence-electron chi connectivity index (χ3n) is 2.79. The molecule has 4 heteroatoms. The smallest absolute Gasteiger partial charge is 0.223 e. The fourth-order valence-electron chi connectivity index (χ4n) is 1.51. The van der Waals surface area contributed by atoms with Crippen LogP contribution >= 0.6 is 0 Å². The summed E-state index contributed by atoms with van der Waals surface area (Å²) in [5.74, 6) is 0.806. The van der Waals surface area contributed by atoms with Gasteiger partial charge in [0.2, 0.25) is 5.91 Å². The zero-order valence-electron chi connectivity index (χ0n) is 12.0. The van der Waals surface area contributed by atoms with Crippen LogP contribution < -0.4 is 15.8 Å². The van der Waals surface area contributed by atoms with E-state index in [2.05, 4.69) is 19.2 Å². The first kappa shape index (κ1) is 15.5. The molecule has 0 saturated heterocycles. The van der Waals surface area contributed by atoms with E-state index < -0.39 is 0 Å². The van der Waals surface area contributed by atoms with Crippen molar-refractivity contribution in [3.63, 3.8) is 0 Å². The molecule has 1 aromatic carbocycles. The van der Waals surface area contributed by atoms with Crippen LogP contribution in [-0.2, 0) is 11.3 Å². The zero-order chi connectivity index (χ0) is 14.3. The summed E-state index contributed by atoms with van der Waals surface area (Å²) in [4.78, 5) is 10.9. The van der Waals surface area contributed by atoms with Gasteiger partial charge in [0.05, 0.1) is 12.5 Å². The van der Waals surface area contributed by atoms with Gasteiger partial charge in [-0.05, 0) is 30.2 Å². The van der Waals surface area contributed by atoms with Gasteiger partial charge in [-0.1, -0.05) is 32.9 Å². The van der Waals surface area contributed by atoms with Gasteiger partial charge in [0.25, 0.3) is 0 Å².